The van der Waals surface area contributed by atoms with Crippen LogP contribution < -0.4 is 0 Å². The molecule has 0 radical (unpaired) electrons. The van der Waals surface area contributed by atoms with Crippen molar-refractivity contribution in [3.05, 3.63) is 11.6 Å². The molecule has 0 bridgehead atoms. The van der Waals surface area contributed by atoms with Crippen molar-refractivity contribution >= 4 is 15.9 Å². The molecule has 3 fully saturated rings. The highest BCUT2D eigenvalue weighted by Gasteiger charge is 2.55. The highest BCUT2D eigenvalue weighted by molar-refractivity contribution is 9.09. The van der Waals surface area contributed by atoms with Crippen LogP contribution in [0.25, 0.3) is 0 Å². The van der Waals surface area contributed by atoms with Crippen molar-refractivity contribution in [3.8, 4) is 0 Å². The number of hydrogen-bond donors (Lipinski definition) is 3. The van der Waals surface area contributed by atoms with Crippen LogP contribution in [0.1, 0.15) is 120 Å². The first-order chi connectivity index (χ1) is 16.9. The van der Waals surface area contributed by atoms with Gasteiger partial charge in [0.25, 0.3) is 0 Å². The third-order valence-electron chi connectivity index (χ3n) is 9.38. The SMILES string of the molecule is CC(C)=CCCC(C)(O)C(O)CCC(C)(O)C1CCC2OC(C3(C)CCC(Br)C(C)(C)O3)CCC2(C)O1. The number of fused-ring (bicyclic) bond motifs is 1. The molecule has 216 valence electrons. The molecule has 0 aromatic carbocycles. The van der Waals surface area contributed by atoms with E-state index in [0.717, 1.165) is 32.1 Å². The van der Waals surface area contributed by atoms with Gasteiger partial charge in [-0.25, -0.2) is 0 Å². The minimum atomic E-state index is -1.19. The first-order valence-corrected chi connectivity index (χ1v) is 15.3. The molecule has 0 aromatic heterocycles. The van der Waals surface area contributed by atoms with E-state index in [4.69, 9.17) is 14.2 Å². The lowest BCUT2D eigenvalue weighted by atomic mass is 9.75. The highest BCUT2D eigenvalue weighted by Crippen LogP contribution is 2.48. The predicted molar refractivity (Wildman–Crippen MR) is 151 cm³/mol. The van der Waals surface area contributed by atoms with Crippen LogP contribution in [0.4, 0.5) is 0 Å². The van der Waals surface area contributed by atoms with Gasteiger partial charge in [0.05, 0.1) is 52.4 Å². The average Bonchev–Trinajstić information content (AvgIpc) is 2.78. The molecular weight excluding hydrogens is 536 g/mol. The second-order valence-corrected chi connectivity index (χ2v) is 14.9. The average molecular weight is 590 g/mol. The fourth-order valence-electron chi connectivity index (χ4n) is 6.50. The summed E-state index contributed by atoms with van der Waals surface area (Å²) in [6.07, 6.45) is 7.91. The third-order valence-corrected chi connectivity index (χ3v) is 10.9. The number of alkyl halides is 1. The van der Waals surface area contributed by atoms with Crippen LogP contribution >= 0.6 is 15.9 Å². The number of halogens is 1. The van der Waals surface area contributed by atoms with E-state index >= 15 is 0 Å². The van der Waals surface area contributed by atoms with E-state index in [1.807, 2.05) is 13.8 Å². The number of hydrogen-bond acceptors (Lipinski definition) is 6. The first-order valence-electron chi connectivity index (χ1n) is 14.3. The summed E-state index contributed by atoms with van der Waals surface area (Å²) in [4.78, 5) is 0.336. The Hall–Kier alpha value is -0.0200. The van der Waals surface area contributed by atoms with Gasteiger partial charge in [-0.05, 0) is 120 Å². The molecule has 0 spiro atoms. The predicted octanol–water partition coefficient (Wildman–Crippen LogP) is 5.97. The molecule has 3 aliphatic rings. The van der Waals surface area contributed by atoms with Crippen molar-refractivity contribution < 1.29 is 29.5 Å². The topological polar surface area (TPSA) is 88.4 Å². The standard InChI is InChI=1S/C30H53BrO6/c1-20(2)10-9-16-27(5,33)22(32)14-17-28(6,34)23-11-12-24-29(7,36-23)19-15-25(35-24)30(8)18-13-21(31)26(3,4)37-30/h10,21-25,32-34H,9,11-19H2,1-8H3. The van der Waals surface area contributed by atoms with Crippen LogP contribution in [-0.4, -0.2) is 72.6 Å². The highest BCUT2D eigenvalue weighted by atomic mass is 79.9. The Labute approximate surface area is 233 Å². The molecule has 0 amide bonds. The van der Waals surface area contributed by atoms with Crippen molar-refractivity contribution in [1.29, 1.82) is 0 Å². The van der Waals surface area contributed by atoms with Crippen LogP contribution in [0.3, 0.4) is 0 Å². The maximum absolute atomic E-state index is 11.4. The lowest BCUT2D eigenvalue weighted by Gasteiger charge is -2.56. The van der Waals surface area contributed by atoms with Crippen molar-refractivity contribution in [1.82, 2.24) is 0 Å². The Bertz CT molecular complexity index is 806. The molecule has 0 saturated carbocycles. The third kappa shape index (κ3) is 7.39. The number of ether oxygens (including phenoxy) is 3. The molecule has 6 nitrogen and oxygen atoms in total. The van der Waals surface area contributed by atoms with E-state index in [9.17, 15) is 15.3 Å². The second kappa shape index (κ2) is 11.5. The molecule has 3 rings (SSSR count). The normalized spacial score (nSPS) is 40.1. The van der Waals surface area contributed by atoms with Crippen LogP contribution in [-0.2, 0) is 14.2 Å². The molecule has 9 atom stereocenters. The van der Waals surface area contributed by atoms with Crippen molar-refractivity contribution in [2.45, 2.75) is 177 Å². The van der Waals surface area contributed by atoms with Gasteiger partial charge in [-0.3, -0.25) is 0 Å². The van der Waals surface area contributed by atoms with Crippen molar-refractivity contribution in [2.75, 3.05) is 0 Å². The largest absolute Gasteiger partial charge is 0.390 e. The summed E-state index contributed by atoms with van der Waals surface area (Å²) in [6, 6.07) is 0. The van der Waals surface area contributed by atoms with Gasteiger partial charge in [0.2, 0.25) is 0 Å². The zero-order chi connectivity index (χ0) is 27.9. The summed E-state index contributed by atoms with van der Waals surface area (Å²) >= 11 is 3.78. The number of aliphatic hydroxyl groups excluding tert-OH is 1. The summed E-state index contributed by atoms with van der Waals surface area (Å²) in [5.74, 6) is 0. The summed E-state index contributed by atoms with van der Waals surface area (Å²) in [5.41, 5.74) is -2.13. The smallest absolute Gasteiger partial charge is 0.0923 e. The molecule has 9 unspecified atom stereocenters. The minimum absolute atomic E-state index is 0.0224. The Balaban J connectivity index is 1.56. The quantitative estimate of drug-likeness (QED) is 0.227. The molecule has 3 heterocycles. The summed E-state index contributed by atoms with van der Waals surface area (Å²) in [5, 5.41) is 32.9. The molecule has 3 aliphatic heterocycles. The van der Waals surface area contributed by atoms with E-state index in [1.165, 1.54) is 5.57 Å². The maximum Gasteiger partial charge on any atom is 0.0923 e. The molecule has 37 heavy (non-hydrogen) atoms. The Morgan fingerprint density at radius 3 is 2.22 bits per heavy atom. The fraction of sp³-hybridized carbons (Fsp3) is 0.933. The van der Waals surface area contributed by atoms with E-state index in [0.29, 0.717) is 36.9 Å². The monoisotopic (exact) mass is 588 g/mol. The van der Waals surface area contributed by atoms with Crippen LogP contribution in [0, 0.1) is 0 Å². The lowest BCUT2D eigenvalue weighted by molar-refractivity contribution is -0.301. The molecule has 3 N–H and O–H groups in total. The number of allylic oxidation sites excluding steroid dienone is 2. The Morgan fingerprint density at radius 2 is 1.59 bits per heavy atom. The zero-order valence-corrected chi connectivity index (χ0v) is 26.1. The molecule has 0 aliphatic carbocycles. The van der Waals surface area contributed by atoms with E-state index < -0.39 is 22.9 Å². The minimum Gasteiger partial charge on any atom is -0.390 e. The Kier molecular flexibility index (Phi) is 9.76. The maximum atomic E-state index is 11.4. The van der Waals surface area contributed by atoms with Gasteiger partial charge in [-0.1, -0.05) is 27.6 Å². The summed E-state index contributed by atoms with van der Waals surface area (Å²) in [7, 11) is 0. The second-order valence-electron chi connectivity index (χ2n) is 13.8. The van der Waals surface area contributed by atoms with Gasteiger partial charge < -0.3 is 29.5 Å². The Morgan fingerprint density at radius 1 is 0.973 bits per heavy atom. The number of rotatable bonds is 9. The molecular formula is C30H53BrO6. The number of aliphatic hydroxyl groups is 3. The van der Waals surface area contributed by atoms with Crippen molar-refractivity contribution in [3.63, 3.8) is 0 Å². The van der Waals surface area contributed by atoms with Gasteiger partial charge in [0.1, 0.15) is 0 Å². The van der Waals surface area contributed by atoms with Gasteiger partial charge in [0, 0.05) is 4.83 Å². The lowest BCUT2D eigenvalue weighted by Crippen LogP contribution is -2.63. The zero-order valence-electron chi connectivity index (χ0n) is 24.5. The van der Waals surface area contributed by atoms with E-state index in [-0.39, 0.29) is 29.5 Å². The molecule has 3 saturated heterocycles. The van der Waals surface area contributed by atoms with Crippen LogP contribution in [0.2, 0.25) is 0 Å². The van der Waals surface area contributed by atoms with Crippen LogP contribution in [0.5, 0.6) is 0 Å². The van der Waals surface area contributed by atoms with Crippen LogP contribution in [0.15, 0.2) is 11.6 Å². The molecule has 0 aromatic rings. The van der Waals surface area contributed by atoms with Gasteiger partial charge >= 0.3 is 0 Å². The van der Waals surface area contributed by atoms with E-state index in [2.05, 4.69) is 49.7 Å². The van der Waals surface area contributed by atoms with Crippen molar-refractivity contribution in [2.24, 2.45) is 0 Å². The van der Waals surface area contributed by atoms with Gasteiger partial charge in [0.15, 0.2) is 0 Å². The summed E-state index contributed by atoms with van der Waals surface area (Å²) < 4.78 is 19.9. The molecule has 7 heteroatoms. The van der Waals surface area contributed by atoms with Gasteiger partial charge in [-0.2, -0.15) is 0 Å². The summed E-state index contributed by atoms with van der Waals surface area (Å²) in [6.45, 7) is 16.1. The van der Waals surface area contributed by atoms with Gasteiger partial charge in [-0.15, -0.1) is 0 Å². The fourth-order valence-corrected chi connectivity index (χ4v) is 6.82. The first kappa shape index (κ1) is 31.5. The van der Waals surface area contributed by atoms with E-state index in [1.54, 1.807) is 13.8 Å².